The fourth-order valence-corrected chi connectivity index (χ4v) is 5.52. The van der Waals surface area contributed by atoms with Gasteiger partial charge in [0.05, 0.1) is 17.8 Å². The zero-order valence-corrected chi connectivity index (χ0v) is 21.3. The fourth-order valence-electron chi connectivity index (χ4n) is 4.77. The third-order valence-electron chi connectivity index (χ3n) is 6.91. The monoisotopic (exact) mass is 529 g/mol. The minimum absolute atomic E-state index is 0.0788. The van der Waals surface area contributed by atoms with Gasteiger partial charge in [-0.1, -0.05) is 6.92 Å². The highest BCUT2D eigenvalue weighted by atomic mass is 32.2. The van der Waals surface area contributed by atoms with Crippen LogP contribution in [0.1, 0.15) is 42.5 Å². The number of nitrogens with zero attached hydrogens (tertiary/aromatic N) is 5. The predicted molar refractivity (Wildman–Crippen MR) is 134 cm³/mol. The van der Waals surface area contributed by atoms with Gasteiger partial charge in [-0.25, -0.2) is 31.6 Å². The van der Waals surface area contributed by atoms with Crippen LogP contribution in [0.5, 0.6) is 0 Å². The molecule has 0 radical (unpaired) electrons. The molecule has 1 aromatic carbocycles. The number of benzene rings is 1. The molecule has 3 aromatic heterocycles. The van der Waals surface area contributed by atoms with Crippen molar-refractivity contribution in [2.45, 2.75) is 43.5 Å². The topological polar surface area (TPSA) is 81.0 Å². The van der Waals surface area contributed by atoms with Crippen molar-refractivity contribution in [2.75, 3.05) is 24.2 Å². The first-order valence-electron chi connectivity index (χ1n) is 12.0. The number of aromatic nitrogens is 4. The summed E-state index contributed by atoms with van der Waals surface area (Å²) in [5.41, 5.74) is 1.81. The van der Waals surface area contributed by atoms with Crippen LogP contribution in [-0.2, 0) is 22.8 Å². The summed E-state index contributed by atoms with van der Waals surface area (Å²) in [6, 6.07) is 4.01. The van der Waals surface area contributed by atoms with Crippen LogP contribution in [-0.4, -0.2) is 47.3 Å². The average molecular weight is 530 g/mol. The van der Waals surface area contributed by atoms with Crippen molar-refractivity contribution >= 4 is 26.7 Å². The van der Waals surface area contributed by atoms with Crippen molar-refractivity contribution in [3.05, 3.63) is 77.3 Å². The zero-order valence-electron chi connectivity index (χ0n) is 20.5. The minimum atomic E-state index is -3.95. The maximum Gasteiger partial charge on any atom is 0.225 e. The Balaban J connectivity index is 1.32. The highest BCUT2D eigenvalue weighted by Crippen LogP contribution is 2.31. The number of piperidine rings is 1. The number of rotatable bonds is 6. The van der Waals surface area contributed by atoms with E-state index in [1.807, 2.05) is 12.4 Å². The molecule has 0 unspecified atom stereocenters. The molecule has 11 heteroatoms. The molecule has 0 aliphatic carbocycles. The molecule has 1 fully saturated rings. The van der Waals surface area contributed by atoms with Gasteiger partial charge < -0.3 is 9.47 Å². The Morgan fingerprint density at radius 3 is 2.32 bits per heavy atom. The molecule has 194 valence electrons. The number of halogens is 3. The second-order valence-corrected chi connectivity index (χ2v) is 11.3. The van der Waals surface area contributed by atoms with Crippen LogP contribution in [0.3, 0.4) is 0 Å². The second-order valence-electron chi connectivity index (χ2n) is 9.36. The van der Waals surface area contributed by atoms with E-state index >= 15 is 4.39 Å². The highest BCUT2D eigenvalue weighted by Gasteiger charge is 2.25. The average Bonchev–Trinajstić information content (AvgIpc) is 3.29. The summed E-state index contributed by atoms with van der Waals surface area (Å²) < 4.78 is 69.2. The Hall–Kier alpha value is -3.47. The van der Waals surface area contributed by atoms with Crippen LogP contribution in [0, 0.1) is 17.5 Å². The summed E-state index contributed by atoms with van der Waals surface area (Å²) in [4.78, 5) is 14.6. The lowest BCUT2D eigenvalue weighted by Gasteiger charge is -2.32. The molecular formula is C26H26F3N5O2S. The molecule has 4 heterocycles. The largest absolute Gasteiger partial charge is 0.341 e. The van der Waals surface area contributed by atoms with Gasteiger partial charge in [-0.3, -0.25) is 4.98 Å². The van der Waals surface area contributed by atoms with Crippen LogP contribution in [0.2, 0.25) is 0 Å². The molecule has 1 aliphatic rings. The van der Waals surface area contributed by atoms with Crippen molar-refractivity contribution in [1.82, 2.24) is 19.5 Å². The van der Waals surface area contributed by atoms with Gasteiger partial charge in [0, 0.05) is 49.5 Å². The van der Waals surface area contributed by atoms with E-state index in [2.05, 4.69) is 26.8 Å². The van der Waals surface area contributed by atoms with Gasteiger partial charge in [-0.05, 0) is 54.5 Å². The predicted octanol–water partition coefficient (Wildman–Crippen LogP) is 4.64. The molecular weight excluding hydrogens is 503 g/mol. The van der Waals surface area contributed by atoms with Crippen LogP contribution in [0.25, 0.3) is 10.9 Å². The molecule has 37 heavy (non-hydrogen) atoms. The third kappa shape index (κ3) is 4.92. The zero-order chi connectivity index (χ0) is 26.3. The Labute approximate surface area is 212 Å². The van der Waals surface area contributed by atoms with Gasteiger partial charge in [0.25, 0.3) is 0 Å². The molecule has 0 bridgehead atoms. The van der Waals surface area contributed by atoms with E-state index in [9.17, 15) is 17.2 Å². The Kier molecular flexibility index (Phi) is 6.65. The molecule has 0 N–H and O–H groups in total. The second kappa shape index (κ2) is 9.77. The molecule has 0 amide bonds. The SMILES string of the molecule is CCc1cnc(N2CCC(c3cnc(Cn4ccc5cc(S(C)(=O)=O)c(F)c(F)c54)c(F)c3)CC2)nc1. The van der Waals surface area contributed by atoms with Crippen molar-refractivity contribution in [2.24, 2.45) is 0 Å². The number of anilines is 1. The molecule has 1 saturated heterocycles. The number of fused-ring (bicyclic) bond motifs is 1. The molecule has 1 aliphatic heterocycles. The van der Waals surface area contributed by atoms with E-state index in [0.717, 1.165) is 55.8 Å². The molecule has 0 atom stereocenters. The first kappa shape index (κ1) is 25.2. The molecule has 4 aromatic rings. The molecule has 7 nitrogen and oxygen atoms in total. The number of pyridine rings is 1. The van der Waals surface area contributed by atoms with Crippen molar-refractivity contribution < 1.29 is 21.6 Å². The Bertz CT molecular complexity index is 1560. The maximum absolute atomic E-state index is 15.1. The minimum Gasteiger partial charge on any atom is -0.341 e. The quantitative estimate of drug-likeness (QED) is 0.362. The van der Waals surface area contributed by atoms with Gasteiger partial charge >= 0.3 is 0 Å². The molecule has 0 spiro atoms. The lowest BCUT2D eigenvalue weighted by atomic mass is 9.90. The summed E-state index contributed by atoms with van der Waals surface area (Å²) in [5, 5.41) is 0.205. The lowest BCUT2D eigenvalue weighted by Crippen LogP contribution is -2.34. The van der Waals surface area contributed by atoms with Gasteiger partial charge in [0.1, 0.15) is 10.7 Å². The highest BCUT2D eigenvalue weighted by molar-refractivity contribution is 7.90. The number of hydrogen-bond acceptors (Lipinski definition) is 6. The number of sulfone groups is 1. The summed E-state index contributed by atoms with van der Waals surface area (Å²) >= 11 is 0. The van der Waals surface area contributed by atoms with Gasteiger partial charge in [-0.2, -0.15) is 0 Å². The lowest BCUT2D eigenvalue weighted by molar-refractivity contribution is 0.488. The van der Waals surface area contributed by atoms with Crippen LogP contribution < -0.4 is 4.90 Å². The van der Waals surface area contributed by atoms with E-state index in [-0.39, 0.29) is 29.1 Å². The maximum atomic E-state index is 15.1. The van der Waals surface area contributed by atoms with Gasteiger partial charge in [0.2, 0.25) is 5.95 Å². The van der Waals surface area contributed by atoms with E-state index in [1.165, 1.54) is 22.9 Å². The van der Waals surface area contributed by atoms with Crippen LogP contribution in [0.4, 0.5) is 19.1 Å². The van der Waals surface area contributed by atoms with E-state index in [0.29, 0.717) is 5.95 Å². The first-order valence-corrected chi connectivity index (χ1v) is 13.9. The first-order chi connectivity index (χ1) is 17.7. The fraction of sp³-hybridized carbons (Fsp3) is 0.346. The number of aryl methyl sites for hydroxylation is 1. The van der Waals surface area contributed by atoms with E-state index in [4.69, 9.17) is 0 Å². The summed E-state index contributed by atoms with van der Waals surface area (Å²) in [7, 11) is -3.95. The normalized spacial score (nSPS) is 15.0. The van der Waals surface area contributed by atoms with Crippen molar-refractivity contribution in [3.8, 4) is 0 Å². The number of hydrogen-bond donors (Lipinski definition) is 0. The third-order valence-corrected chi connectivity index (χ3v) is 8.00. The van der Waals surface area contributed by atoms with Crippen LogP contribution >= 0.6 is 0 Å². The smallest absolute Gasteiger partial charge is 0.225 e. The Morgan fingerprint density at radius 2 is 1.70 bits per heavy atom. The van der Waals surface area contributed by atoms with Crippen molar-refractivity contribution in [3.63, 3.8) is 0 Å². The molecule has 5 rings (SSSR count). The van der Waals surface area contributed by atoms with Crippen LogP contribution in [0.15, 0.2) is 47.9 Å². The summed E-state index contributed by atoms with van der Waals surface area (Å²) in [5.74, 6) is -2.44. The van der Waals surface area contributed by atoms with E-state index in [1.54, 1.807) is 6.20 Å². The standard InChI is InChI=1S/C26H26F3N5O2S/c1-3-16-12-31-26(32-13-16)33-7-4-17(5-8-33)19-10-20(27)21(30-14-19)15-34-9-6-18-11-22(37(2,35)36)23(28)24(29)25(18)34/h6,9-14,17H,3-5,7-8,15H2,1-2H3. The van der Waals surface area contributed by atoms with Gasteiger partial charge in [-0.15, -0.1) is 0 Å². The molecule has 0 saturated carbocycles. The Morgan fingerprint density at radius 1 is 1.00 bits per heavy atom. The van der Waals surface area contributed by atoms with Crippen molar-refractivity contribution in [1.29, 1.82) is 0 Å². The van der Waals surface area contributed by atoms with E-state index < -0.39 is 32.2 Å². The summed E-state index contributed by atoms with van der Waals surface area (Å²) in [6.45, 7) is 3.41. The summed E-state index contributed by atoms with van der Waals surface area (Å²) in [6.07, 6.45) is 10.1. The van der Waals surface area contributed by atoms with Gasteiger partial charge in [0.15, 0.2) is 21.5 Å².